The third kappa shape index (κ3) is 3.94. The van der Waals surface area contributed by atoms with Crippen LogP contribution in [-0.4, -0.2) is 24.4 Å². The lowest BCUT2D eigenvalue weighted by molar-refractivity contribution is -0.0398. The first kappa shape index (κ1) is 16.0. The highest BCUT2D eigenvalue weighted by Gasteiger charge is 2.21. The van der Waals surface area contributed by atoms with Crippen LogP contribution in [-0.2, 0) is 4.84 Å². The highest BCUT2D eigenvalue weighted by atomic mass is 35.5. The van der Waals surface area contributed by atoms with Crippen molar-refractivity contribution in [2.24, 2.45) is 0 Å². The SMILES string of the molecule is CCOc1ccc(C2ONC(CO)C=C2C)cc1.Cl. The second-order valence-electron chi connectivity index (χ2n) is 4.32. The Kier molecular flexibility index (Phi) is 6.31. The number of hydrogen-bond donors (Lipinski definition) is 2. The zero-order chi connectivity index (χ0) is 13.0. The van der Waals surface area contributed by atoms with Crippen LogP contribution in [0.25, 0.3) is 0 Å². The van der Waals surface area contributed by atoms with Crippen molar-refractivity contribution in [2.75, 3.05) is 13.2 Å². The van der Waals surface area contributed by atoms with Gasteiger partial charge in [-0.1, -0.05) is 18.2 Å². The molecule has 5 heteroatoms. The Bertz CT molecular complexity index is 419. The fourth-order valence-corrected chi connectivity index (χ4v) is 2.01. The van der Waals surface area contributed by atoms with Gasteiger partial charge in [0.25, 0.3) is 0 Å². The maximum atomic E-state index is 9.06. The molecule has 2 rings (SSSR count). The van der Waals surface area contributed by atoms with Gasteiger partial charge in [0, 0.05) is 0 Å². The average molecular weight is 286 g/mol. The summed E-state index contributed by atoms with van der Waals surface area (Å²) in [4.78, 5) is 5.56. The lowest BCUT2D eigenvalue weighted by atomic mass is 10.00. The number of aliphatic hydroxyl groups is 1. The Morgan fingerprint density at radius 1 is 1.32 bits per heavy atom. The van der Waals surface area contributed by atoms with Crippen molar-refractivity contribution in [3.8, 4) is 5.75 Å². The van der Waals surface area contributed by atoms with Crippen molar-refractivity contribution >= 4 is 12.4 Å². The van der Waals surface area contributed by atoms with Gasteiger partial charge >= 0.3 is 0 Å². The van der Waals surface area contributed by atoms with Gasteiger partial charge in [-0.2, -0.15) is 5.48 Å². The Morgan fingerprint density at radius 2 is 2.00 bits per heavy atom. The molecule has 0 spiro atoms. The molecule has 1 aromatic carbocycles. The molecule has 1 aliphatic heterocycles. The number of rotatable bonds is 4. The smallest absolute Gasteiger partial charge is 0.125 e. The van der Waals surface area contributed by atoms with E-state index in [1.807, 2.05) is 44.2 Å². The van der Waals surface area contributed by atoms with Gasteiger partial charge in [-0.3, -0.25) is 4.84 Å². The van der Waals surface area contributed by atoms with E-state index in [-0.39, 0.29) is 31.2 Å². The van der Waals surface area contributed by atoms with Crippen molar-refractivity contribution in [2.45, 2.75) is 26.0 Å². The number of hydrogen-bond acceptors (Lipinski definition) is 4. The molecule has 0 aliphatic carbocycles. The minimum Gasteiger partial charge on any atom is -0.494 e. The minimum absolute atomic E-state index is 0. The second-order valence-corrected chi connectivity index (χ2v) is 4.32. The van der Waals surface area contributed by atoms with Crippen LogP contribution in [0.4, 0.5) is 0 Å². The molecule has 1 aliphatic rings. The maximum Gasteiger partial charge on any atom is 0.125 e. The van der Waals surface area contributed by atoms with Crippen LogP contribution < -0.4 is 10.2 Å². The fraction of sp³-hybridized carbons (Fsp3) is 0.429. The minimum atomic E-state index is -0.121. The van der Waals surface area contributed by atoms with Gasteiger partial charge in [0.2, 0.25) is 0 Å². The Labute approximate surface area is 119 Å². The summed E-state index contributed by atoms with van der Waals surface area (Å²) in [6.45, 7) is 4.67. The molecular formula is C14H20ClNO3. The Balaban J connectivity index is 0.00000180. The molecule has 106 valence electrons. The summed E-state index contributed by atoms with van der Waals surface area (Å²) < 4.78 is 5.41. The van der Waals surface area contributed by atoms with Crippen LogP contribution in [0.1, 0.15) is 25.5 Å². The Morgan fingerprint density at radius 3 is 2.53 bits per heavy atom. The lowest BCUT2D eigenvalue weighted by Crippen LogP contribution is -2.36. The van der Waals surface area contributed by atoms with Crippen LogP contribution in [0.5, 0.6) is 5.75 Å². The van der Waals surface area contributed by atoms with Crippen molar-refractivity contribution < 1.29 is 14.7 Å². The predicted molar refractivity (Wildman–Crippen MR) is 76.5 cm³/mol. The summed E-state index contributed by atoms with van der Waals surface area (Å²) in [6, 6.07) is 7.74. The van der Waals surface area contributed by atoms with E-state index in [0.717, 1.165) is 16.9 Å². The molecule has 2 atom stereocenters. The quantitative estimate of drug-likeness (QED) is 0.834. The van der Waals surface area contributed by atoms with Crippen molar-refractivity contribution in [3.63, 3.8) is 0 Å². The first-order valence-electron chi connectivity index (χ1n) is 6.17. The summed E-state index contributed by atoms with van der Waals surface area (Å²) in [6.07, 6.45) is 1.88. The van der Waals surface area contributed by atoms with Gasteiger partial charge in [-0.05, 0) is 37.1 Å². The predicted octanol–water partition coefficient (Wildman–Crippen LogP) is 2.39. The van der Waals surface area contributed by atoms with Crippen LogP contribution in [0.3, 0.4) is 0 Å². The zero-order valence-electron chi connectivity index (χ0n) is 11.1. The average Bonchev–Trinajstić information content (AvgIpc) is 2.40. The molecule has 0 saturated heterocycles. The summed E-state index contributed by atoms with van der Waals surface area (Å²) in [5.41, 5.74) is 4.99. The van der Waals surface area contributed by atoms with E-state index in [1.54, 1.807) is 0 Å². The van der Waals surface area contributed by atoms with Crippen LogP contribution in [0.15, 0.2) is 35.9 Å². The van der Waals surface area contributed by atoms with Crippen LogP contribution in [0, 0.1) is 0 Å². The molecule has 0 amide bonds. The highest BCUT2D eigenvalue weighted by molar-refractivity contribution is 5.85. The van der Waals surface area contributed by atoms with E-state index < -0.39 is 0 Å². The molecule has 1 aromatic rings. The number of benzene rings is 1. The Hall–Kier alpha value is -1.07. The first-order chi connectivity index (χ1) is 8.74. The molecule has 2 unspecified atom stereocenters. The van der Waals surface area contributed by atoms with E-state index in [4.69, 9.17) is 14.7 Å². The molecule has 0 aromatic heterocycles. The standard InChI is InChI=1S/C14H19NO3.ClH/c1-3-17-13-6-4-11(5-7-13)14-10(2)8-12(9-16)15-18-14;/h4-8,12,14-16H,3,9H2,1-2H3;1H. The number of halogens is 1. The summed E-state index contributed by atoms with van der Waals surface area (Å²) >= 11 is 0. The van der Waals surface area contributed by atoms with Crippen LogP contribution >= 0.6 is 12.4 Å². The summed E-state index contributed by atoms with van der Waals surface area (Å²) in [5, 5.41) is 9.06. The normalized spacial score (nSPS) is 22.4. The molecule has 0 fully saturated rings. The number of aliphatic hydroxyl groups excluding tert-OH is 1. The van der Waals surface area contributed by atoms with Gasteiger partial charge in [0.05, 0.1) is 19.3 Å². The van der Waals surface area contributed by atoms with Gasteiger partial charge in [0.15, 0.2) is 0 Å². The number of ether oxygens (including phenoxy) is 1. The first-order valence-corrected chi connectivity index (χ1v) is 6.17. The molecule has 0 bridgehead atoms. The third-order valence-corrected chi connectivity index (χ3v) is 2.91. The van der Waals surface area contributed by atoms with E-state index >= 15 is 0 Å². The monoisotopic (exact) mass is 285 g/mol. The topological polar surface area (TPSA) is 50.7 Å². The highest BCUT2D eigenvalue weighted by Crippen LogP contribution is 2.29. The molecular weight excluding hydrogens is 266 g/mol. The van der Waals surface area contributed by atoms with Crippen molar-refractivity contribution in [3.05, 3.63) is 41.5 Å². The molecule has 19 heavy (non-hydrogen) atoms. The van der Waals surface area contributed by atoms with Crippen LogP contribution in [0.2, 0.25) is 0 Å². The molecule has 0 saturated carbocycles. The zero-order valence-corrected chi connectivity index (χ0v) is 11.9. The number of hydroxylamine groups is 1. The molecule has 0 radical (unpaired) electrons. The van der Waals surface area contributed by atoms with Gasteiger partial charge < -0.3 is 9.84 Å². The van der Waals surface area contributed by atoms with Gasteiger partial charge in [0.1, 0.15) is 11.9 Å². The van der Waals surface area contributed by atoms with E-state index in [0.29, 0.717) is 6.61 Å². The number of nitrogens with one attached hydrogen (secondary N) is 1. The molecule has 2 N–H and O–H groups in total. The summed E-state index contributed by atoms with van der Waals surface area (Å²) in [5.74, 6) is 0.861. The molecule has 4 nitrogen and oxygen atoms in total. The lowest BCUT2D eigenvalue weighted by Gasteiger charge is -2.27. The van der Waals surface area contributed by atoms with Gasteiger partial charge in [-0.25, -0.2) is 0 Å². The fourth-order valence-electron chi connectivity index (χ4n) is 2.01. The second kappa shape index (κ2) is 7.50. The maximum absolute atomic E-state index is 9.06. The van der Waals surface area contributed by atoms with Gasteiger partial charge in [-0.15, -0.1) is 12.4 Å². The third-order valence-electron chi connectivity index (χ3n) is 2.91. The van der Waals surface area contributed by atoms with E-state index in [2.05, 4.69) is 5.48 Å². The largest absolute Gasteiger partial charge is 0.494 e. The summed E-state index contributed by atoms with van der Waals surface area (Å²) in [7, 11) is 0. The van der Waals surface area contributed by atoms with Crippen molar-refractivity contribution in [1.29, 1.82) is 0 Å². The van der Waals surface area contributed by atoms with Crippen molar-refractivity contribution in [1.82, 2.24) is 5.48 Å². The molecule has 1 heterocycles. The van der Waals surface area contributed by atoms with E-state index in [1.165, 1.54) is 0 Å². The van der Waals surface area contributed by atoms with E-state index in [9.17, 15) is 0 Å².